The van der Waals surface area contributed by atoms with Crippen LogP contribution in [0.5, 0.6) is 0 Å². The van der Waals surface area contributed by atoms with Crippen molar-refractivity contribution in [1.29, 1.82) is 0 Å². The van der Waals surface area contributed by atoms with Crippen LogP contribution < -0.4 is 5.32 Å². The quantitative estimate of drug-likeness (QED) is 0.917. The molecule has 0 saturated carbocycles. The van der Waals surface area contributed by atoms with Crippen molar-refractivity contribution < 1.29 is 0 Å². The maximum atomic E-state index is 6.38. The fourth-order valence-corrected chi connectivity index (χ4v) is 3.28. The maximum absolute atomic E-state index is 6.38. The number of aryl methyl sites for hydroxylation is 1. The number of nitrogens with one attached hydrogen (secondary N) is 1. The number of nitrogens with zero attached hydrogens (tertiary/aromatic N) is 2. The monoisotopic (exact) mass is 295 g/mol. The van der Waals surface area contributed by atoms with Crippen LogP contribution in [-0.2, 0) is 6.42 Å². The van der Waals surface area contributed by atoms with Crippen LogP contribution in [0.2, 0.25) is 5.02 Å². The minimum Gasteiger partial charge on any atom is -0.315 e. The highest BCUT2D eigenvalue weighted by Crippen LogP contribution is 2.21. The van der Waals surface area contributed by atoms with Gasteiger partial charge in [-0.3, -0.25) is 4.90 Å². The van der Waals surface area contributed by atoms with Crippen molar-refractivity contribution >= 4 is 11.6 Å². The normalized spacial score (nSPS) is 22.9. The van der Waals surface area contributed by atoms with Crippen molar-refractivity contribution in [3.05, 3.63) is 34.3 Å². The van der Waals surface area contributed by atoms with Crippen LogP contribution in [0.1, 0.15) is 11.1 Å². The van der Waals surface area contributed by atoms with Gasteiger partial charge in [0, 0.05) is 36.7 Å². The van der Waals surface area contributed by atoms with Crippen LogP contribution in [-0.4, -0.2) is 62.7 Å². The lowest BCUT2D eigenvalue weighted by Crippen LogP contribution is -2.58. The number of hydrogen-bond acceptors (Lipinski definition) is 3. The van der Waals surface area contributed by atoms with E-state index in [0.717, 1.165) is 31.1 Å². The number of benzene rings is 1. The molecule has 20 heavy (non-hydrogen) atoms. The minimum atomic E-state index is 0.419. The molecule has 2 atom stereocenters. The molecule has 0 bridgehead atoms. The zero-order valence-corrected chi connectivity index (χ0v) is 13.7. The van der Waals surface area contributed by atoms with Gasteiger partial charge in [0.1, 0.15) is 0 Å². The number of hydrogen-bond donors (Lipinski definition) is 1. The van der Waals surface area contributed by atoms with Gasteiger partial charge in [-0.15, -0.1) is 0 Å². The van der Waals surface area contributed by atoms with E-state index in [2.05, 4.69) is 61.4 Å². The molecular formula is C16H26ClN3. The molecule has 2 rings (SSSR count). The lowest BCUT2D eigenvalue weighted by Gasteiger charge is -2.42. The third-order valence-corrected chi connectivity index (χ3v) is 4.73. The van der Waals surface area contributed by atoms with Gasteiger partial charge in [-0.05, 0) is 51.7 Å². The summed E-state index contributed by atoms with van der Waals surface area (Å²) in [6.45, 7) is 5.45. The lowest BCUT2D eigenvalue weighted by molar-refractivity contribution is 0.0897. The highest BCUT2D eigenvalue weighted by atomic mass is 35.5. The molecular weight excluding hydrogens is 270 g/mol. The highest BCUT2D eigenvalue weighted by Gasteiger charge is 2.29. The fraction of sp³-hybridized carbons (Fsp3) is 0.625. The molecule has 112 valence electrons. The van der Waals surface area contributed by atoms with Gasteiger partial charge < -0.3 is 10.2 Å². The summed E-state index contributed by atoms with van der Waals surface area (Å²) in [5.41, 5.74) is 2.45. The first-order valence-electron chi connectivity index (χ1n) is 7.32. The van der Waals surface area contributed by atoms with E-state index in [1.807, 2.05) is 0 Å². The average Bonchev–Trinajstić information content (AvgIpc) is 2.41. The Morgan fingerprint density at radius 1 is 1.35 bits per heavy atom. The summed E-state index contributed by atoms with van der Waals surface area (Å²) in [6.07, 6.45) is 0.971. The van der Waals surface area contributed by atoms with Crippen molar-refractivity contribution in [1.82, 2.24) is 15.1 Å². The summed E-state index contributed by atoms with van der Waals surface area (Å²) in [5, 5.41) is 4.37. The van der Waals surface area contributed by atoms with Crippen molar-refractivity contribution in [2.75, 3.05) is 40.8 Å². The molecule has 0 aliphatic carbocycles. The highest BCUT2D eigenvalue weighted by molar-refractivity contribution is 6.31. The van der Waals surface area contributed by atoms with Crippen LogP contribution in [0.15, 0.2) is 18.2 Å². The molecule has 0 spiro atoms. The van der Waals surface area contributed by atoms with Gasteiger partial charge in [0.05, 0.1) is 0 Å². The van der Waals surface area contributed by atoms with Gasteiger partial charge in [-0.1, -0.05) is 23.7 Å². The summed E-state index contributed by atoms with van der Waals surface area (Å²) in [4.78, 5) is 4.87. The van der Waals surface area contributed by atoms with E-state index in [-0.39, 0.29) is 0 Å². The minimum absolute atomic E-state index is 0.419. The second-order valence-corrected chi connectivity index (χ2v) is 6.41. The SMILES string of the molecule is CNC(Cc1ccc(C)cc1Cl)C1CN(C)CCN1C. The largest absolute Gasteiger partial charge is 0.315 e. The maximum Gasteiger partial charge on any atom is 0.0441 e. The Kier molecular flexibility index (Phi) is 5.44. The molecule has 3 nitrogen and oxygen atoms in total. The van der Waals surface area contributed by atoms with E-state index in [0.29, 0.717) is 12.1 Å². The first-order valence-corrected chi connectivity index (χ1v) is 7.70. The molecule has 0 amide bonds. The van der Waals surface area contributed by atoms with E-state index >= 15 is 0 Å². The topological polar surface area (TPSA) is 18.5 Å². The summed E-state index contributed by atoms with van der Waals surface area (Å²) >= 11 is 6.38. The van der Waals surface area contributed by atoms with Gasteiger partial charge in [0.15, 0.2) is 0 Å². The molecule has 1 fully saturated rings. The van der Waals surface area contributed by atoms with Crippen LogP contribution in [0, 0.1) is 6.92 Å². The predicted octanol–water partition coefficient (Wildman–Crippen LogP) is 2.02. The van der Waals surface area contributed by atoms with Crippen molar-refractivity contribution in [3.8, 4) is 0 Å². The average molecular weight is 296 g/mol. The molecule has 2 unspecified atom stereocenters. The number of halogens is 1. The first kappa shape index (κ1) is 15.8. The third kappa shape index (κ3) is 3.73. The Labute approximate surface area is 127 Å². The second kappa shape index (κ2) is 6.90. The van der Waals surface area contributed by atoms with Crippen LogP contribution in [0.4, 0.5) is 0 Å². The van der Waals surface area contributed by atoms with Crippen molar-refractivity contribution in [3.63, 3.8) is 0 Å². The van der Waals surface area contributed by atoms with E-state index in [1.165, 1.54) is 11.1 Å². The zero-order chi connectivity index (χ0) is 14.7. The number of piperazine rings is 1. The zero-order valence-electron chi connectivity index (χ0n) is 13.0. The van der Waals surface area contributed by atoms with Gasteiger partial charge in [-0.2, -0.15) is 0 Å². The molecule has 1 aliphatic heterocycles. The standard InChI is InChI=1S/C16H26ClN3/c1-12-5-6-13(14(17)9-12)10-15(18-2)16-11-19(3)7-8-20(16)4/h5-6,9,15-16,18H,7-8,10-11H2,1-4H3. The van der Waals surface area contributed by atoms with Gasteiger partial charge >= 0.3 is 0 Å². The second-order valence-electron chi connectivity index (χ2n) is 6.00. The van der Waals surface area contributed by atoms with Crippen LogP contribution >= 0.6 is 11.6 Å². The fourth-order valence-electron chi connectivity index (χ4n) is 2.96. The van der Waals surface area contributed by atoms with E-state index in [1.54, 1.807) is 0 Å². The summed E-state index contributed by atoms with van der Waals surface area (Å²) < 4.78 is 0. The summed E-state index contributed by atoms with van der Waals surface area (Å²) in [6, 6.07) is 7.30. The Morgan fingerprint density at radius 2 is 2.10 bits per heavy atom. The molecule has 1 heterocycles. The van der Waals surface area contributed by atoms with E-state index < -0.39 is 0 Å². The number of likely N-dealkylation sites (N-methyl/N-ethyl adjacent to an activating group) is 3. The lowest BCUT2D eigenvalue weighted by atomic mass is 9.96. The van der Waals surface area contributed by atoms with Crippen LogP contribution in [0.3, 0.4) is 0 Å². The number of rotatable bonds is 4. The summed E-state index contributed by atoms with van der Waals surface area (Å²) in [7, 11) is 6.47. The third-order valence-electron chi connectivity index (χ3n) is 4.38. The van der Waals surface area contributed by atoms with Gasteiger partial charge in [-0.25, -0.2) is 0 Å². The van der Waals surface area contributed by atoms with Crippen LogP contribution in [0.25, 0.3) is 0 Å². The molecule has 1 N–H and O–H groups in total. The van der Waals surface area contributed by atoms with Crippen molar-refractivity contribution in [2.24, 2.45) is 0 Å². The van der Waals surface area contributed by atoms with Gasteiger partial charge in [0.25, 0.3) is 0 Å². The van der Waals surface area contributed by atoms with Gasteiger partial charge in [0.2, 0.25) is 0 Å². The Bertz CT molecular complexity index is 449. The Hall–Kier alpha value is -0.610. The molecule has 1 aromatic carbocycles. The molecule has 1 aromatic rings. The smallest absolute Gasteiger partial charge is 0.0441 e. The summed E-state index contributed by atoms with van der Waals surface area (Å²) in [5.74, 6) is 0. The molecule has 0 radical (unpaired) electrons. The molecule has 1 saturated heterocycles. The predicted molar refractivity (Wildman–Crippen MR) is 86.7 cm³/mol. The molecule has 0 aromatic heterocycles. The first-order chi connectivity index (χ1) is 9.51. The molecule has 1 aliphatic rings. The Balaban J connectivity index is 2.11. The van der Waals surface area contributed by atoms with E-state index in [9.17, 15) is 0 Å². The molecule has 4 heteroatoms. The van der Waals surface area contributed by atoms with E-state index in [4.69, 9.17) is 11.6 Å². The van der Waals surface area contributed by atoms with Crippen molar-refractivity contribution in [2.45, 2.75) is 25.4 Å². The Morgan fingerprint density at radius 3 is 2.75 bits per heavy atom.